The number of amides is 2. The Balaban J connectivity index is 1.58. The normalized spacial score (nSPS) is 18.9. The van der Waals surface area contributed by atoms with Gasteiger partial charge in [0.2, 0.25) is 5.91 Å². The second kappa shape index (κ2) is 8.02. The third-order valence-electron chi connectivity index (χ3n) is 3.68. The minimum atomic E-state index is -0.227. The fraction of sp³-hybridized carbons (Fsp3) is 0.412. The summed E-state index contributed by atoms with van der Waals surface area (Å²) >= 11 is 5.77. The Kier molecular flexibility index (Phi) is 6.04. The SMILES string of the molecule is C=C(CCNC(=O)COc1ccc(Cl)cc1)NC(=O)C1CC1C. The number of halogens is 1. The van der Waals surface area contributed by atoms with E-state index in [0.29, 0.717) is 35.4 Å². The van der Waals surface area contributed by atoms with E-state index in [-0.39, 0.29) is 24.3 Å². The molecule has 2 rings (SSSR count). The van der Waals surface area contributed by atoms with Crippen molar-refractivity contribution in [3.05, 3.63) is 41.6 Å². The lowest BCUT2D eigenvalue weighted by molar-refractivity contribution is -0.123. The van der Waals surface area contributed by atoms with Crippen molar-refractivity contribution >= 4 is 23.4 Å². The topological polar surface area (TPSA) is 67.4 Å². The lowest BCUT2D eigenvalue weighted by Gasteiger charge is -2.10. The maximum Gasteiger partial charge on any atom is 0.257 e. The maximum atomic E-state index is 11.7. The number of carbonyl (C=O) groups is 2. The molecular weight excluding hydrogens is 316 g/mol. The van der Waals surface area contributed by atoms with Gasteiger partial charge < -0.3 is 15.4 Å². The van der Waals surface area contributed by atoms with Crippen molar-refractivity contribution in [3.63, 3.8) is 0 Å². The molecule has 2 unspecified atom stereocenters. The molecule has 0 heterocycles. The zero-order valence-corrected chi connectivity index (χ0v) is 13.9. The predicted molar refractivity (Wildman–Crippen MR) is 89.1 cm³/mol. The summed E-state index contributed by atoms with van der Waals surface area (Å²) in [6, 6.07) is 6.79. The second-order valence-electron chi connectivity index (χ2n) is 5.75. The van der Waals surface area contributed by atoms with E-state index in [2.05, 4.69) is 17.2 Å². The van der Waals surface area contributed by atoms with E-state index < -0.39 is 0 Å². The third-order valence-corrected chi connectivity index (χ3v) is 3.93. The summed E-state index contributed by atoms with van der Waals surface area (Å²) in [5, 5.41) is 6.11. The average molecular weight is 337 g/mol. The molecule has 2 atom stereocenters. The average Bonchev–Trinajstić information content (AvgIpc) is 3.24. The van der Waals surface area contributed by atoms with Gasteiger partial charge >= 0.3 is 0 Å². The van der Waals surface area contributed by atoms with Crippen LogP contribution in [0.2, 0.25) is 5.02 Å². The number of rotatable bonds is 8. The molecule has 0 bridgehead atoms. The van der Waals surface area contributed by atoms with Crippen molar-refractivity contribution in [2.75, 3.05) is 13.2 Å². The van der Waals surface area contributed by atoms with Gasteiger partial charge in [-0.25, -0.2) is 0 Å². The summed E-state index contributed by atoms with van der Waals surface area (Å²) in [6.07, 6.45) is 1.44. The first-order valence-electron chi connectivity index (χ1n) is 7.59. The molecule has 23 heavy (non-hydrogen) atoms. The molecule has 1 aliphatic rings. The summed E-state index contributed by atoms with van der Waals surface area (Å²) < 4.78 is 5.33. The number of nitrogens with one attached hydrogen (secondary N) is 2. The fourth-order valence-corrected chi connectivity index (χ4v) is 2.23. The quantitative estimate of drug-likeness (QED) is 0.766. The van der Waals surface area contributed by atoms with Gasteiger partial charge in [-0.2, -0.15) is 0 Å². The number of ether oxygens (including phenoxy) is 1. The Morgan fingerprint density at radius 3 is 2.61 bits per heavy atom. The number of carbonyl (C=O) groups excluding carboxylic acids is 2. The fourth-order valence-electron chi connectivity index (χ4n) is 2.10. The number of benzene rings is 1. The van der Waals surface area contributed by atoms with E-state index in [1.165, 1.54) is 0 Å². The van der Waals surface area contributed by atoms with Gasteiger partial charge in [0.1, 0.15) is 5.75 Å². The Labute approximate surface area is 141 Å². The van der Waals surface area contributed by atoms with E-state index in [1.807, 2.05) is 6.92 Å². The molecule has 6 heteroatoms. The highest BCUT2D eigenvalue weighted by Crippen LogP contribution is 2.37. The summed E-state index contributed by atoms with van der Waals surface area (Å²) in [7, 11) is 0. The summed E-state index contributed by atoms with van der Waals surface area (Å²) in [4.78, 5) is 23.4. The maximum absolute atomic E-state index is 11.7. The Morgan fingerprint density at radius 1 is 1.35 bits per heavy atom. The molecule has 1 aromatic rings. The van der Waals surface area contributed by atoms with Crippen molar-refractivity contribution in [3.8, 4) is 5.75 Å². The van der Waals surface area contributed by atoms with Crippen LogP contribution in [0.5, 0.6) is 5.75 Å². The smallest absolute Gasteiger partial charge is 0.257 e. The van der Waals surface area contributed by atoms with Crippen LogP contribution >= 0.6 is 11.6 Å². The van der Waals surface area contributed by atoms with Crippen LogP contribution in [-0.2, 0) is 9.59 Å². The lowest BCUT2D eigenvalue weighted by Crippen LogP contribution is -2.32. The number of hydrogen-bond acceptors (Lipinski definition) is 3. The Hall–Kier alpha value is -2.01. The molecule has 0 saturated heterocycles. The van der Waals surface area contributed by atoms with Gasteiger partial charge in [-0.15, -0.1) is 0 Å². The van der Waals surface area contributed by atoms with Crippen LogP contribution in [0.3, 0.4) is 0 Å². The molecule has 1 saturated carbocycles. The second-order valence-corrected chi connectivity index (χ2v) is 6.19. The van der Waals surface area contributed by atoms with Crippen LogP contribution < -0.4 is 15.4 Å². The van der Waals surface area contributed by atoms with E-state index in [4.69, 9.17) is 16.3 Å². The third kappa shape index (κ3) is 5.94. The Morgan fingerprint density at radius 2 is 2.00 bits per heavy atom. The van der Waals surface area contributed by atoms with Crippen molar-refractivity contribution < 1.29 is 14.3 Å². The van der Waals surface area contributed by atoms with Gasteiger partial charge in [-0.3, -0.25) is 9.59 Å². The summed E-state index contributed by atoms with van der Waals surface area (Å²) in [5.74, 6) is 0.969. The molecule has 1 fully saturated rings. The molecular formula is C17H21ClN2O3. The van der Waals surface area contributed by atoms with Crippen LogP contribution in [0, 0.1) is 11.8 Å². The van der Waals surface area contributed by atoms with Crippen molar-refractivity contribution in [2.24, 2.45) is 11.8 Å². The predicted octanol–water partition coefficient (Wildman–Crippen LogP) is 2.51. The van der Waals surface area contributed by atoms with Gasteiger partial charge in [0.25, 0.3) is 5.91 Å². The zero-order valence-electron chi connectivity index (χ0n) is 13.1. The minimum Gasteiger partial charge on any atom is -0.484 e. The molecule has 2 N–H and O–H groups in total. The standard InChI is InChI=1S/C17H21ClN2O3/c1-11-9-15(11)17(22)20-12(2)7-8-19-16(21)10-23-14-5-3-13(18)4-6-14/h3-6,11,15H,2,7-10H2,1H3,(H,19,21)(H,20,22). The number of hydrogen-bond donors (Lipinski definition) is 2. The van der Waals surface area contributed by atoms with Crippen LogP contribution in [-0.4, -0.2) is 25.0 Å². The molecule has 2 amide bonds. The highest BCUT2D eigenvalue weighted by atomic mass is 35.5. The summed E-state index contributed by atoms with van der Waals surface area (Å²) in [6.45, 7) is 6.19. The molecule has 1 aliphatic carbocycles. The van der Waals surface area contributed by atoms with E-state index in [0.717, 1.165) is 6.42 Å². The zero-order chi connectivity index (χ0) is 16.8. The van der Waals surface area contributed by atoms with Gasteiger partial charge in [-0.1, -0.05) is 25.1 Å². The first-order valence-corrected chi connectivity index (χ1v) is 7.97. The molecule has 1 aromatic carbocycles. The van der Waals surface area contributed by atoms with E-state index in [1.54, 1.807) is 24.3 Å². The van der Waals surface area contributed by atoms with Crippen LogP contribution in [0.25, 0.3) is 0 Å². The van der Waals surface area contributed by atoms with Crippen LogP contribution in [0.1, 0.15) is 19.8 Å². The van der Waals surface area contributed by atoms with Gasteiger partial charge in [0.05, 0.1) is 0 Å². The highest BCUT2D eigenvalue weighted by molar-refractivity contribution is 6.30. The highest BCUT2D eigenvalue weighted by Gasteiger charge is 2.39. The van der Waals surface area contributed by atoms with E-state index >= 15 is 0 Å². The molecule has 5 nitrogen and oxygen atoms in total. The van der Waals surface area contributed by atoms with Gasteiger partial charge in [0, 0.05) is 29.6 Å². The largest absolute Gasteiger partial charge is 0.484 e. The monoisotopic (exact) mass is 336 g/mol. The van der Waals surface area contributed by atoms with Gasteiger partial charge in [-0.05, 0) is 36.6 Å². The lowest BCUT2D eigenvalue weighted by atomic mass is 10.3. The summed E-state index contributed by atoms with van der Waals surface area (Å²) in [5.41, 5.74) is 0.619. The van der Waals surface area contributed by atoms with Gasteiger partial charge in [0.15, 0.2) is 6.61 Å². The first-order chi connectivity index (χ1) is 11.0. The van der Waals surface area contributed by atoms with Crippen molar-refractivity contribution in [2.45, 2.75) is 19.8 Å². The van der Waals surface area contributed by atoms with E-state index in [9.17, 15) is 9.59 Å². The molecule has 0 aromatic heterocycles. The molecule has 0 radical (unpaired) electrons. The van der Waals surface area contributed by atoms with Crippen LogP contribution in [0.15, 0.2) is 36.5 Å². The van der Waals surface area contributed by atoms with Crippen LogP contribution in [0.4, 0.5) is 0 Å². The molecule has 0 aliphatic heterocycles. The Bertz CT molecular complexity index is 586. The van der Waals surface area contributed by atoms with Crippen molar-refractivity contribution in [1.82, 2.24) is 10.6 Å². The molecule has 0 spiro atoms. The minimum absolute atomic E-state index is 0.0277. The molecule has 124 valence electrons. The van der Waals surface area contributed by atoms with Crippen molar-refractivity contribution in [1.29, 1.82) is 0 Å². The first kappa shape index (κ1) is 17.3.